The van der Waals surface area contributed by atoms with Gasteiger partial charge in [0.2, 0.25) is 0 Å². The van der Waals surface area contributed by atoms with Crippen molar-refractivity contribution in [2.24, 2.45) is 0 Å². The molecule has 1 amide bonds. The van der Waals surface area contributed by atoms with Crippen LogP contribution in [0.1, 0.15) is 34.5 Å². The first kappa shape index (κ1) is 12.5. The molecule has 2 aliphatic heterocycles. The standard InChI is InChI=1S/C13H13F3N2O/c1-7-5-17-6-10-8-3-2-4-9(13(14,15)16)11(8)12(19)18(7)10/h2-4,7,10,17H,5-6H2,1H3/t7-,10?/m1/s1. The van der Waals surface area contributed by atoms with Crippen molar-refractivity contribution in [1.29, 1.82) is 0 Å². The molecule has 3 rings (SSSR count). The van der Waals surface area contributed by atoms with E-state index in [1.807, 2.05) is 6.92 Å². The van der Waals surface area contributed by atoms with Crippen LogP contribution in [-0.4, -0.2) is 29.9 Å². The van der Waals surface area contributed by atoms with E-state index in [9.17, 15) is 18.0 Å². The van der Waals surface area contributed by atoms with E-state index in [0.29, 0.717) is 18.7 Å². The SMILES string of the molecule is C[C@@H]1CNCC2c3cccc(C(F)(F)F)c3C(=O)N21. The highest BCUT2D eigenvalue weighted by Gasteiger charge is 2.46. The molecule has 1 fully saturated rings. The first-order chi connectivity index (χ1) is 8.91. The molecule has 0 spiro atoms. The highest BCUT2D eigenvalue weighted by molar-refractivity contribution is 6.01. The van der Waals surface area contributed by atoms with Crippen molar-refractivity contribution in [3.05, 3.63) is 34.9 Å². The van der Waals surface area contributed by atoms with Crippen LogP contribution in [0.15, 0.2) is 18.2 Å². The fourth-order valence-corrected chi connectivity index (χ4v) is 2.99. The van der Waals surface area contributed by atoms with E-state index >= 15 is 0 Å². The molecule has 0 saturated carbocycles. The summed E-state index contributed by atoms with van der Waals surface area (Å²) < 4.78 is 39.0. The Kier molecular flexibility index (Phi) is 2.60. The Labute approximate surface area is 108 Å². The van der Waals surface area contributed by atoms with Crippen molar-refractivity contribution in [1.82, 2.24) is 10.2 Å². The van der Waals surface area contributed by atoms with Gasteiger partial charge in [0.05, 0.1) is 17.2 Å². The van der Waals surface area contributed by atoms with Crippen molar-refractivity contribution in [3.63, 3.8) is 0 Å². The molecule has 2 heterocycles. The van der Waals surface area contributed by atoms with Gasteiger partial charge in [0, 0.05) is 19.1 Å². The maximum Gasteiger partial charge on any atom is 0.417 e. The monoisotopic (exact) mass is 270 g/mol. The number of carbonyl (C=O) groups excluding carboxylic acids is 1. The third kappa shape index (κ3) is 1.74. The number of amides is 1. The van der Waals surface area contributed by atoms with E-state index in [-0.39, 0.29) is 17.6 Å². The molecule has 0 bridgehead atoms. The summed E-state index contributed by atoms with van der Waals surface area (Å²) in [7, 11) is 0. The van der Waals surface area contributed by atoms with Crippen LogP contribution in [0.4, 0.5) is 13.2 Å². The summed E-state index contributed by atoms with van der Waals surface area (Å²) in [6.07, 6.45) is -4.49. The predicted molar refractivity (Wildman–Crippen MR) is 62.7 cm³/mol. The normalized spacial score (nSPS) is 26.3. The molecule has 19 heavy (non-hydrogen) atoms. The van der Waals surface area contributed by atoms with Crippen molar-refractivity contribution < 1.29 is 18.0 Å². The van der Waals surface area contributed by atoms with Crippen LogP contribution < -0.4 is 5.32 Å². The molecule has 0 aromatic heterocycles. The number of hydrogen-bond acceptors (Lipinski definition) is 2. The number of carbonyl (C=O) groups is 1. The summed E-state index contributed by atoms with van der Waals surface area (Å²) in [6, 6.07) is 3.59. The molecule has 0 radical (unpaired) electrons. The Hall–Kier alpha value is -1.56. The van der Waals surface area contributed by atoms with Gasteiger partial charge in [-0.2, -0.15) is 13.2 Å². The van der Waals surface area contributed by atoms with Gasteiger partial charge in [-0.3, -0.25) is 4.79 Å². The quantitative estimate of drug-likeness (QED) is 0.783. The average molecular weight is 270 g/mol. The highest BCUT2D eigenvalue weighted by Crippen LogP contribution is 2.42. The summed E-state index contributed by atoms with van der Waals surface area (Å²) in [5.74, 6) is -0.498. The second-order valence-electron chi connectivity index (χ2n) is 5.00. The zero-order valence-electron chi connectivity index (χ0n) is 10.3. The summed E-state index contributed by atoms with van der Waals surface area (Å²) in [4.78, 5) is 13.9. The number of hydrogen-bond donors (Lipinski definition) is 1. The smallest absolute Gasteiger partial charge is 0.326 e. The second-order valence-corrected chi connectivity index (χ2v) is 5.00. The number of piperazine rings is 1. The van der Waals surface area contributed by atoms with E-state index < -0.39 is 17.6 Å². The van der Waals surface area contributed by atoms with Gasteiger partial charge in [0.15, 0.2) is 0 Å². The van der Waals surface area contributed by atoms with Gasteiger partial charge in [-0.25, -0.2) is 0 Å². The van der Waals surface area contributed by atoms with Crippen LogP contribution in [0.3, 0.4) is 0 Å². The Bertz CT molecular complexity index is 541. The third-order valence-electron chi connectivity index (χ3n) is 3.80. The van der Waals surface area contributed by atoms with Gasteiger partial charge < -0.3 is 10.2 Å². The summed E-state index contributed by atoms with van der Waals surface area (Å²) in [5, 5.41) is 3.15. The van der Waals surface area contributed by atoms with E-state index in [0.717, 1.165) is 6.07 Å². The largest absolute Gasteiger partial charge is 0.417 e. The minimum absolute atomic E-state index is 0.0975. The fourth-order valence-electron chi connectivity index (χ4n) is 2.99. The summed E-state index contributed by atoms with van der Waals surface area (Å²) >= 11 is 0. The molecule has 102 valence electrons. The number of alkyl halides is 3. The van der Waals surface area contributed by atoms with Gasteiger partial charge in [0.1, 0.15) is 0 Å². The van der Waals surface area contributed by atoms with Crippen molar-refractivity contribution >= 4 is 5.91 Å². The Morgan fingerprint density at radius 3 is 2.74 bits per heavy atom. The molecule has 6 heteroatoms. The van der Waals surface area contributed by atoms with Crippen LogP contribution in [0.2, 0.25) is 0 Å². The van der Waals surface area contributed by atoms with Crippen molar-refractivity contribution in [2.45, 2.75) is 25.2 Å². The topological polar surface area (TPSA) is 32.3 Å². The summed E-state index contributed by atoms with van der Waals surface area (Å²) in [5.41, 5.74) is -0.508. The first-order valence-corrected chi connectivity index (χ1v) is 6.14. The molecule has 1 saturated heterocycles. The van der Waals surface area contributed by atoms with E-state index in [1.165, 1.54) is 6.07 Å². The average Bonchev–Trinajstić information content (AvgIpc) is 2.64. The van der Waals surface area contributed by atoms with Crippen molar-refractivity contribution in [2.75, 3.05) is 13.1 Å². The van der Waals surface area contributed by atoms with Crippen LogP contribution >= 0.6 is 0 Å². The molecular formula is C13H13F3N2O. The molecule has 1 unspecified atom stereocenters. The van der Waals surface area contributed by atoms with Crippen molar-refractivity contribution in [3.8, 4) is 0 Å². The number of halogens is 3. The molecule has 1 aromatic rings. The number of rotatable bonds is 0. The lowest BCUT2D eigenvalue weighted by atomic mass is 9.98. The van der Waals surface area contributed by atoms with E-state index in [1.54, 1.807) is 11.0 Å². The number of benzene rings is 1. The Morgan fingerprint density at radius 2 is 2.05 bits per heavy atom. The van der Waals surface area contributed by atoms with Crippen LogP contribution in [0, 0.1) is 0 Å². The number of nitrogens with one attached hydrogen (secondary N) is 1. The third-order valence-corrected chi connectivity index (χ3v) is 3.80. The van der Waals surface area contributed by atoms with Crippen LogP contribution in [-0.2, 0) is 6.18 Å². The zero-order chi connectivity index (χ0) is 13.8. The zero-order valence-corrected chi connectivity index (χ0v) is 10.3. The van der Waals surface area contributed by atoms with Gasteiger partial charge >= 0.3 is 6.18 Å². The van der Waals surface area contributed by atoms with E-state index in [4.69, 9.17) is 0 Å². The molecule has 1 aromatic carbocycles. The lowest BCUT2D eigenvalue weighted by Crippen LogP contribution is -2.50. The number of nitrogens with zero attached hydrogens (tertiary/aromatic N) is 1. The Balaban J connectivity index is 2.17. The second kappa shape index (κ2) is 3.96. The summed E-state index contributed by atoms with van der Waals surface area (Å²) in [6.45, 7) is 2.96. The highest BCUT2D eigenvalue weighted by atomic mass is 19.4. The van der Waals surface area contributed by atoms with E-state index in [2.05, 4.69) is 5.32 Å². The Morgan fingerprint density at radius 1 is 1.32 bits per heavy atom. The van der Waals surface area contributed by atoms with Gasteiger partial charge in [-0.05, 0) is 18.6 Å². The van der Waals surface area contributed by atoms with Gasteiger partial charge in [0.25, 0.3) is 5.91 Å². The maximum absolute atomic E-state index is 13.0. The molecule has 3 nitrogen and oxygen atoms in total. The minimum Gasteiger partial charge on any atom is -0.326 e. The molecule has 1 N–H and O–H groups in total. The lowest BCUT2D eigenvalue weighted by Gasteiger charge is -2.36. The number of fused-ring (bicyclic) bond motifs is 3. The molecule has 2 aliphatic rings. The minimum atomic E-state index is -4.49. The lowest BCUT2D eigenvalue weighted by molar-refractivity contribution is -0.137. The van der Waals surface area contributed by atoms with Crippen LogP contribution in [0.25, 0.3) is 0 Å². The molecule has 2 atom stereocenters. The first-order valence-electron chi connectivity index (χ1n) is 6.14. The maximum atomic E-state index is 13.0. The van der Waals surface area contributed by atoms with Crippen LogP contribution in [0.5, 0.6) is 0 Å². The molecule has 0 aliphatic carbocycles. The van der Waals surface area contributed by atoms with Gasteiger partial charge in [-0.15, -0.1) is 0 Å². The predicted octanol–water partition coefficient (Wildman–Crippen LogP) is 2.19. The molecular weight excluding hydrogens is 257 g/mol. The fraction of sp³-hybridized carbons (Fsp3) is 0.462. The van der Waals surface area contributed by atoms with Gasteiger partial charge in [-0.1, -0.05) is 12.1 Å².